The van der Waals surface area contributed by atoms with Gasteiger partial charge in [0.2, 0.25) is 0 Å². The lowest BCUT2D eigenvalue weighted by Crippen LogP contribution is -1.73. The van der Waals surface area contributed by atoms with Gasteiger partial charge < -0.3 is 0 Å². The first-order chi connectivity index (χ1) is 13.8. The molecular weight excluding hydrogens is 396 g/mol. The number of thiophene rings is 3. The van der Waals surface area contributed by atoms with Gasteiger partial charge in [-0.3, -0.25) is 0 Å². The van der Waals surface area contributed by atoms with Crippen molar-refractivity contribution in [2.24, 2.45) is 0 Å². The van der Waals surface area contributed by atoms with Gasteiger partial charge >= 0.3 is 0 Å². The van der Waals surface area contributed by atoms with Crippen LogP contribution in [0.5, 0.6) is 0 Å². The van der Waals surface area contributed by atoms with Crippen molar-refractivity contribution in [3.8, 4) is 20.9 Å². The van der Waals surface area contributed by atoms with Gasteiger partial charge in [0.25, 0.3) is 0 Å². The summed E-state index contributed by atoms with van der Waals surface area (Å²) in [6, 6.07) is 29.0. The molecule has 0 atom stereocenters. The van der Waals surface area contributed by atoms with E-state index in [2.05, 4.69) is 85.8 Å². The molecule has 28 heavy (non-hydrogen) atoms. The lowest BCUT2D eigenvalue weighted by atomic mass is 10.1. The summed E-state index contributed by atoms with van der Waals surface area (Å²) in [6.45, 7) is 2.13. The maximum Gasteiger partial charge on any atom is 0.0542 e. The van der Waals surface area contributed by atoms with Crippen LogP contribution in [0.2, 0.25) is 0 Å². The number of aryl methyl sites for hydroxylation is 1. The van der Waals surface area contributed by atoms with Crippen LogP contribution in [0, 0.1) is 6.92 Å². The fraction of sp³-hybridized carbons (Fsp3) is 0.0400. The summed E-state index contributed by atoms with van der Waals surface area (Å²) < 4.78 is 5.63. The molecule has 0 nitrogen and oxygen atoms in total. The minimum absolute atomic E-state index is 1.30. The standard InChI is InChI=1S/C25H16S3/c1-15-6-8-16(9-7-15)20-12-13-21(26-20)17-10-11-19-23(14-17)28-24-18-4-2-3-5-22(18)27-25(19)24/h2-14H,1H3. The van der Waals surface area contributed by atoms with Gasteiger partial charge in [-0.25, -0.2) is 0 Å². The second kappa shape index (κ2) is 6.28. The van der Waals surface area contributed by atoms with Crippen LogP contribution < -0.4 is 0 Å². The second-order valence-electron chi connectivity index (χ2n) is 7.10. The van der Waals surface area contributed by atoms with Gasteiger partial charge in [-0.1, -0.05) is 60.2 Å². The highest BCUT2D eigenvalue weighted by Gasteiger charge is 2.13. The summed E-state index contributed by atoms with van der Waals surface area (Å²) in [5, 5.41) is 2.78. The van der Waals surface area contributed by atoms with Gasteiger partial charge in [0.1, 0.15) is 0 Å². The molecule has 0 saturated heterocycles. The molecule has 0 unspecified atom stereocenters. The molecule has 3 aromatic heterocycles. The van der Waals surface area contributed by atoms with E-state index < -0.39 is 0 Å². The topological polar surface area (TPSA) is 0 Å². The summed E-state index contributed by atoms with van der Waals surface area (Å²) in [6.07, 6.45) is 0. The van der Waals surface area contributed by atoms with Crippen molar-refractivity contribution in [3.63, 3.8) is 0 Å². The average molecular weight is 413 g/mol. The number of benzene rings is 3. The molecule has 0 fully saturated rings. The maximum absolute atomic E-state index is 2.37. The quantitative estimate of drug-likeness (QED) is 0.266. The first-order valence-electron chi connectivity index (χ1n) is 9.27. The first kappa shape index (κ1) is 16.5. The molecule has 0 aliphatic heterocycles. The third-order valence-corrected chi connectivity index (χ3v) is 8.92. The fourth-order valence-electron chi connectivity index (χ4n) is 3.72. The zero-order valence-corrected chi connectivity index (χ0v) is 17.7. The molecular formula is C25H16S3. The SMILES string of the molecule is Cc1ccc(-c2ccc(-c3ccc4c(c3)sc3c5ccccc5sc43)s2)cc1. The van der Waals surface area contributed by atoms with Crippen LogP contribution in [-0.4, -0.2) is 0 Å². The Balaban J connectivity index is 1.46. The van der Waals surface area contributed by atoms with Crippen molar-refractivity contribution in [1.29, 1.82) is 0 Å². The van der Waals surface area contributed by atoms with Crippen molar-refractivity contribution in [1.82, 2.24) is 0 Å². The maximum atomic E-state index is 2.37. The first-order valence-corrected chi connectivity index (χ1v) is 11.7. The summed E-state index contributed by atoms with van der Waals surface area (Å²) in [7, 11) is 0. The van der Waals surface area contributed by atoms with Gasteiger partial charge in [0.05, 0.1) is 9.40 Å². The molecule has 0 aliphatic carbocycles. The van der Waals surface area contributed by atoms with Gasteiger partial charge in [-0.15, -0.1) is 34.0 Å². The molecule has 3 aromatic carbocycles. The number of hydrogen-bond acceptors (Lipinski definition) is 3. The molecule has 0 spiro atoms. The third kappa shape index (κ3) is 2.55. The molecule has 0 saturated carbocycles. The van der Waals surface area contributed by atoms with E-state index >= 15 is 0 Å². The molecule has 6 rings (SSSR count). The molecule has 3 heterocycles. The normalized spacial score (nSPS) is 11.8. The zero-order chi connectivity index (χ0) is 18.7. The summed E-state index contributed by atoms with van der Waals surface area (Å²) >= 11 is 5.71. The van der Waals surface area contributed by atoms with Crippen LogP contribution in [0.3, 0.4) is 0 Å². The van der Waals surface area contributed by atoms with E-state index in [1.54, 1.807) is 0 Å². The molecule has 0 bridgehead atoms. The molecule has 134 valence electrons. The Kier molecular flexibility index (Phi) is 3.70. The molecule has 0 N–H and O–H groups in total. The number of rotatable bonds is 2. The fourth-order valence-corrected chi connectivity index (χ4v) is 7.42. The molecule has 3 heteroatoms. The molecule has 0 amide bonds. The Morgan fingerprint density at radius 2 is 1.18 bits per heavy atom. The average Bonchev–Trinajstić information content (AvgIpc) is 3.42. The predicted octanol–water partition coefficient (Wildman–Crippen LogP) is 8.97. The minimum Gasteiger partial charge on any atom is -0.135 e. The largest absolute Gasteiger partial charge is 0.135 e. The molecule has 0 radical (unpaired) electrons. The smallest absolute Gasteiger partial charge is 0.0542 e. The summed E-state index contributed by atoms with van der Waals surface area (Å²) in [4.78, 5) is 2.66. The van der Waals surface area contributed by atoms with Crippen LogP contribution in [0.4, 0.5) is 0 Å². The van der Waals surface area contributed by atoms with Crippen LogP contribution in [0.1, 0.15) is 5.56 Å². The molecule has 6 aromatic rings. The van der Waals surface area contributed by atoms with Gasteiger partial charge in [-0.05, 0) is 42.3 Å². The Morgan fingerprint density at radius 3 is 2.00 bits per heavy atom. The lowest BCUT2D eigenvalue weighted by Gasteiger charge is -1.99. The summed E-state index contributed by atoms with van der Waals surface area (Å²) in [5.41, 5.74) is 3.91. The van der Waals surface area contributed by atoms with Crippen molar-refractivity contribution in [2.45, 2.75) is 6.92 Å². The lowest BCUT2D eigenvalue weighted by molar-refractivity contribution is 1.48. The molecule has 0 aliphatic rings. The Morgan fingerprint density at radius 1 is 0.536 bits per heavy atom. The Bertz CT molecular complexity index is 1460. The van der Waals surface area contributed by atoms with E-state index in [0.29, 0.717) is 0 Å². The zero-order valence-electron chi connectivity index (χ0n) is 15.2. The highest BCUT2D eigenvalue weighted by molar-refractivity contribution is 7.36. The van der Waals surface area contributed by atoms with E-state index in [1.807, 2.05) is 34.0 Å². The van der Waals surface area contributed by atoms with Crippen molar-refractivity contribution in [3.05, 3.63) is 84.4 Å². The van der Waals surface area contributed by atoms with Crippen LogP contribution >= 0.6 is 34.0 Å². The predicted molar refractivity (Wildman–Crippen MR) is 128 cm³/mol. The van der Waals surface area contributed by atoms with Crippen molar-refractivity contribution in [2.75, 3.05) is 0 Å². The minimum atomic E-state index is 1.30. The van der Waals surface area contributed by atoms with E-state index in [9.17, 15) is 0 Å². The van der Waals surface area contributed by atoms with Crippen molar-refractivity contribution >= 4 is 63.6 Å². The van der Waals surface area contributed by atoms with Crippen LogP contribution in [0.15, 0.2) is 78.9 Å². The second-order valence-corrected chi connectivity index (χ2v) is 10.3. The Hall–Kier alpha value is -2.46. The van der Waals surface area contributed by atoms with Gasteiger partial charge in [0, 0.05) is 29.9 Å². The van der Waals surface area contributed by atoms with E-state index in [0.717, 1.165) is 0 Å². The van der Waals surface area contributed by atoms with Gasteiger partial charge in [-0.2, -0.15) is 0 Å². The van der Waals surface area contributed by atoms with Crippen LogP contribution in [0.25, 0.3) is 50.5 Å². The van der Waals surface area contributed by atoms with E-state index in [-0.39, 0.29) is 0 Å². The van der Waals surface area contributed by atoms with Gasteiger partial charge in [0.15, 0.2) is 0 Å². The van der Waals surface area contributed by atoms with E-state index in [4.69, 9.17) is 0 Å². The van der Waals surface area contributed by atoms with Crippen LogP contribution in [-0.2, 0) is 0 Å². The van der Waals surface area contributed by atoms with E-state index in [1.165, 1.54) is 56.0 Å². The monoisotopic (exact) mass is 412 g/mol. The Labute approximate surface area is 175 Å². The highest BCUT2D eigenvalue weighted by atomic mass is 32.1. The highest BCUT2D eigenvalue weighted by Crippen LogP contribution is 2.45. The summed E-state index contributed by atoms with van der Waals surface area (Å²) in [5.74, 6) is 0. The third-order valence-electron chi connectivity index (χ3n) is 5.21. The number of hydrogen-bond donors (Lipinski definition) is 0. The van der Waals surface area contributed by atoms with Crippen molar-refractivity contribution < 1.29 is 0 Å². The number of fused-ring (bicyclic) bond motifs is 5.